The second kappa shape index (κ2) is 11.4. The highest BCUT2D eigenvalue weighted by molar-refractivity contribution is 6.31. The quantitative estimate of drug-likeness (QED) is 0.194. The van der Waals surface area contributed by atoms with Crippen LogP contribution in [0.5, 0.6) is 5.88 Å². The van der Waals surface area contributed by atoms with Crippen molar-refractivity contribution < 1.29 is 4.74 Å². The number of pyridine rings is 3. The summed E-state index contributed by atoms with van der Waals surface area (Å²) in [7, 11) is 1.62. The summed E-state index contributed by atoms with van der Waals surface area (Å²) in [5.74, 6) is 0.558. The van der Waals surface area contributed by atoms with Crippen LogP contribution >= 0.6 is 11.6 Å². The molecule has 3 aromatic heterocycles. The number of hydrogen-bond donors (Lipinski definition) is 2. The Kier molecular flexibility index (Phi) is 7.40. The summed E-state index contributed by atoms with van der Waals surface area (Å²) >= 11 is 6.34. The van der Waals surface area contributed by atoms with E-state index in [-0.39, 0.29) is 0 Å². The predicted molar refractivity (Wildman–Crippen MR) is 169 cm³/mol. The molecule has 0 saturated carbocycles. The summed E-state index contributed by atoms with van der Waals surface area (Å²) in [6, 6.07) is 30.5. The first-order valence-corrected chi connectivity index (χ1v) is 13.9. The maximum Gasteiger partial charge on any atom is 0.213 e. The molecule has 0 aliphatic heterocycles. The number of aryl methyl sites for hydroxylation is 4. The maximum absolute atomic E-state index is 6.34. The molecule has 6 rings (SSSR count). The number of halogens is 1. The molecule has 0 fully saturated rings. The van der Waals surface area contributed by atoms with Crippen LogP contribution in [-0.2, 0) is 12.8 Å². The molecular formula is C34H30ClN5O. The van der Waals surface area contributed by atoms with Gasteiger partial charge in [-0.3, -0.25) is 9.97 Å². The van der Waals surface area contributed by atoms with Gasteiger partial charge < -0.3 is 15.4 Å². The molecule has 3 heterocycles. The normalized spacial score (nSPS) is 11.1. The van der Waals surface area contributed by atoms with Gasteiger partial charge in [0.2, 0.25) is 5.88 Å². The smallest absolute Gasteiger partial charge is 0.213 e. The lowest BCUT2D eigenvalue weighted by atomic mass is 10.0. The number of anilines is 4. The molecule has 0 amide bonds. The second-order valence-corrected chi connectivity index (χ2v) is 10.5. The van der Waals surface area contributed by atoms with Crippen molar-refractivity contribution in [1.29, 1.82) is 0 Å². The number of fused-ring (bicyclic) bond motifs is 2. The van der Waals surface area contributed by atoms with Gasteiger partial charge in [0, 0.05) is 44.9 Å². The van der Waals surface area contributed by atoms with E-state index < -0.39 is 0 Å². The molecule has 3 aromatic carbocycles. The molecule has 0 unspecified atom stereocenters. The summed E-state index contributed by atoms with van der Waals surface area (Å²) in [4.78, 5) is 14.0. The summed E-state index contributed by atoms with van der Waals surface area (Å²) in [6.07, 6.45) is 1.70. The third-order valence-electron chi connectivity index (χ3n) is 7.10. The van der Waals surface area contributed by atoms with Crippen LogP contribution in [0, 0.1) is 13.8 Å². The van der Waals surface area contributed by atoms with E-state index in [0.717, 1.165) is 68.9 Å². The van der Waals surface area contributed by atoms with E-state index >= 15 is 0 Å². The van der Waals surface area contributed by atoms with Crippen LogP contribution < -0.4 is 15.4 Å². The van der Waals surface area contributed by atoms with Crippen LogP contribution in [0.2, 0.25) is 5.02 Å². The molecule has 6 aromatic rings. The Labute approximate surface area is 244 Å². The van der Waals surface area contributed by atoms with E-state index in [1.54, 1.807) is 7.11 Å². The largest absolute Gasteiger partial charge is 0.481 e. The van der Waals surface area contributed by atoms with Crippen molar-refractivity contribution in [3.63, 3.8) is 0 Å². The number of aromatic nitrogens is 3. The van der Waals surface area contributed by atoms with Gasteiger partial charge in [-0.25, -0.2) is 4.98 Å². The van der Waals surface area contributed by atoms with Gasteiger partial charge in [-0.2, -0.15) is 0 Å². The minimum absolute atomic E-state index is 0.558. The van der Waals surface area contributed by atoms with Gasteiger partial charge in [0.1, 0.15) is 5.52 Å². The fourth-order valence-corrected chi connectivity index (χ4v) is 5.32. The van der Waals surface area contributed by atoms with E-state index in [1.165, 1.54) is 11.1 Å². The van der Waals surface area contributed by atoms with Crippen LogP contribution in [0.25, 0.3) is 21.9 Å². The van der Waals surface area contributed by atoms with Crippen LogP contribution in [0.3, 0.4) is 0 Å². The number of rotatable bonds is 8. The fourth-order valence-electron chi connectivity index (χ4n) is 5.14. The third-order valence-corrected chi connectivity index (χ3v) is 7.33. The SMILES string of the molecule is COc1ccc2nc(C)cc(Nc3ccccc3CCc3ccccc3Nc3cc(C)nc4ccc(Cl)cc34)c2n1. The first-order chi connectivity index (χ1) is 20.0. The second-order valence-electron chi connectivity index (χ2n) is 10.1. The molecule has 0 radical (unpaired) electrons. The summed E-state index contributed by atoms with van der Waals surface area (Å²) in [6.45, 7) is 4.00. The van der Waals surface area contributed by atoms with Crippen LogP contribution in [-0.4, -0.2) is 22.1 Å². The zero-order chi connectivity index (χ0) is 28.3. The molecule has 6 nitrogen and oxygen atoms in total. The number of hydrogen-bond acceptors (Lipinski definition) is 6. The highest BCUT2D eigenvalue weighted by atomic mass is 35.5. The Hall–Kier alpha value is -4.68. The van der Waals surface area contributed by atoms with Crippen LogP contribution in [0.1, 0.15) is 22.5 Å². The highest BCUT2D eigenvalue weighted by Crippen LogP contribution is 2.32. The Balaban J connectivity index is 1.28. The van der Waals surface area contributed by atoms with Gasteiger partial charge in [0.15, 0.2) is 0 Å². The standard InChI is InChI=1S/C34H30ClN5O/c1-21-18-31(26-20-25(35)14-15-29(26)36-21)38-27-10-6-4-8-23(27)12-13-24-9-5-7-11-28(24)39-32-19-22(2)37-30-16-17-33(41-3)40-34(30)32/h4-11,14-20H,12-13H2,1-3H3,(H,36,38)(H,37,39). The van der Waals surface area contributed by atoms with Gasteiger partial charge in [-0.1, -0.05) is 48.0 Å². The molecule has 0 bridgehead atoms. The Morgan fingerprint density at radius 1 is 0.634 bits per heavy atom. The summed E-state index contributed by atoms with van der Waals surface area (Å²) in [5, 5.41) is 8.99. The Bertz CT molecular complexity index is 1890. The fraction of sp³-hybridized carbons (Fsp3) is 0.147. The van der Waals surface area contributed by atoms with E-state index in [1.807, 2.05) is 56.3 Å². The first kappa shape index (κ1) is 26.5. The van der Waals surface area contributed by atoms with E-state index in [0.29, 0.717) is 10.9 Å². The summed E-state index contributed by atoms with van der Waals surface area (Å²) < 4.78 is 5.38. The lowest BCUT2D eigenvalue weighted by Crippen LogP contribution is -2.03. The number of methoxy groups -OCH3 is 1. The van der Waals surface area contributed by atoms with Crippen molar-refractivity contribution in [2.45, 2.75) is 26.7 Å². The van der Waals surface area contributed by atoms with E-state index in [9.17, 15) is 0 Å². The lowest BCUT2D eigenvalue weighted by Gasteiger charge is -2.17. The first-order valence-electron chi connectivity index (χ1n) is 13.6. The molecule has 7 heteroatoms. The van der Waals surface area contributed by atoms with Crippen molar-refractivity contribution in [3.05, 3.63) is 119 Å². The molecule has 0 aliphatic carbocycles. The molecule has 0 spiro atoms. The Morgan fingerprint density at radius 3 is 1.90 bits per heavy atom. The topological polar surface area (TPSA) is 72.0 Å². The highest BCUT2D eigenvalue weighted by Gasteiger charge is 2.12. The number of para-hydroxylation sites is 2. The number of benzene rings is 3. The zero-order valence-electron chi connectivity index (χ0n) is 23.2. The average molecular weight is 560 g/mol. The summed E-state index contributed by atoms with van der Waals surface area (Å²) in [5.41, 5.74) is 10.8. The van der Waals surface area contributed by atoms with Crippen molar-refractivity contribution in [1.82, 2.24) is 15.0 Å². The average Bonchev–Trinajstić information content (AvgIpc) is 2.97. The monoisotopic (exact) mass is 559 g/mol. The molecule has 0 saturated heterocycles. The van der Waals surface area contributed by atoms with Gasteiger partial charge in [-0.05, 0) is 86.3 Å². The van der Waals surface area contributed by atoms with Gasteiger partial charge >= 0.3 is 0 Å². The van der Waals surface area contributed by atoms with Gasteiger partial charge in [0.05, 0.1) is 23.8 Å². The molecule has 204 valence electrons. The molecule has 2 N–H and O–H groups in total. The maximum atomic E-state index is 6.34. The zero-order valence-corrected chi connectivity index (χ0v) is 24.0. The van der Waals surface area contributed by atoms with Crippen molar-refractivity contribution >= 4 is 56.3 Å². The van der Waals surface area contributed by atoms with Crippen LogP contribution in [0.4, 0.5) is 22.7 Å². The number of nitrogens with zero attached hydrogens (tertiary/aromatic N) is 3. The minimum atomic E-state index is 0.558. The predicted octanol–water partition coefficient (Wildman–Crippen LogP) is 8.73. The lowest BCUT2D eigenvalue weighted by molar-refractivity contribution is 0.399. The molecule has 0 atom stereocenters. The van der Waals surface area contributed by atoms with Crippen molar-refractivity contribution in [3.8, 4) is 5.88 Å². The van der Waals surface area contributed by atoms with Crippen LogP contribution in [0.15, 0.2) is 91.0 Å². The minimum Gasteiger partial charge on any atom is -0.481 e. The van der Waals surface area contributed by atoms with Gasteiger partial charge in [0.25, 0.3) is 0 Å². The van der Waals surface area contributed by atoms with Crippen molar-refractivity contribution in [2.75, 3.05) is 17.7 Å². The number of nitrogens with one attached hydrogen (secondary N) is 2. The Morgan fingerprint density at radius 2 is 1.22 bits per heavy atom. The van der Waals surface area contributed by atoms with E-state index in [2.05, 4.69) is 74.1 Å². The van der Waals surface area contributed by atoms with Crippen molar-refractivity contribution in [2.24, 2.45) is 0 Å². The molecule has 41 heavy (non-hydrogen) atoms. The molecular weight excluding hydrogens is 530 g/mol. The van der Waals surface area contributed by atoms with Gasteiger partial charge in [-0.15, -0.1) is 0 Å². The van der Waals surface area contributed by atoms with E-state index in [4.69, 9.17) is 16.3 Å². The molecule has 0 aliphatic rings. The third kappa shape index (κ3) is 5.79. The number of ether oxygens (including phenoxy) is 1.